The Balaban J connectivity index is 1.77. The lowest BCUT2D eigenvalue weighted by atomic mass is 10.0. The molecule has 1 aliphatic heterocycles. The molecule has 3 aromatic rings. The second-order valence-corrected chi connectivity index (χ2v) is 6.56. The summed E-state index contributed by atoms with van der Waals surface area (Å²) in [6.07, 6.45) is 0.923. The molecule has 1 saturated heterocycles. The van der Waals surface area contributed by atoms with Gasteiger partial charge in [-0.2, -0.15) is 5.26 Å². The van der Waals surface area contributed by atoms with E-state index in [1.807, 2.05) is 77.6 Å². The van der Waals surface area contributed by atoms with E-state index in [9.17, 15) is 10.1 Å². The number of nitrogens with zero attached hydrogens (tertiary/aromatic N) is 3. The third-order valence-electron chi connectivity index (χ3n) is 4.83. The third kappa shape index (κ3) is 2.68. The van der Waals surface area contributed by atoms with Gasteiger partial charge in [0.1, 0.15) is 0 Å². The summed E-state index contributed by atoms with van der Waals surface area (Å²) in [5.41, 5.74) is 3.40. The van der Waals surface area contributed by atoms with Gasteiger partial charge >= 0.3 is 0 Å². The number of hydrogen-bond donors (Lipinski definition) is 0. The summed E-state index contributed by atoms with van der Waals surface area (Å²) in [7, 11) is 0. The zero-order chi connectivity index (χ0) is 18.1. The minimum atomic E-state index is 0.0136. The molecule has 1 aliphatic rings. The van der Waals surface area contributed by atoms with Gasteiger partial charge in [0.2, 0.25) is 0 Å². The Labute approximate surface area is 152 Å². The highest BCUT2D eigenvalue weighted by Crippen LogP contribution is 2.32. The lowest BCUT2D eigenvalue weighted by molar-refractivity contribution is 0.0776. The van der Waals surface area contributed by atoms with Crippen LogP contribution in [0.15, 0.2) is 60.7 Å². The topological polar surface area (TPSA) is 47.3 Å². The minimum absolute atomic E-state index is 0.0136. The Morgan fingerprint density at radius 3 is 2.58 bits per heavy atom. The van der Waals surface area contributed by atoms with Gasteiger partial charge in [-0.1, -0.05) is 42.0 Å². The summed E-state index contributed by atoms with van der Waals surface area (Å²) in [6, 6.07) is 21.6. The predicted octanol–water partition coefficient (Wildman–Crippen LogP) is 4.29. The molecule has 0 radical (unpaired) electrons. The highest BCUT2D eigenvalue weighted by Gasteiger charge is 2.29. The predicted molar refractivity (Wildman–Crippen MR) is 103 cm³/mol. The van der Waals surface area contributed by atoms with Crippen LogP contribution in [0.4, 0.5) is 5.69 Å². The molecule has 3 aromatic carbocycles. The van der Waals surface area contributed by atoms with Gasteiger partial charge in [0.05, 0.1) is 17.3 Å². The number of rotatable bonds is 2. The molecule has 4 rings (SSSR count). The van der Waals surface area contributed by atoms with E-state index in [2.05, 4.69) is 6.07 Å². The van der Waals surface area contributed by atoms with Gasteiger partial charge in [0.25, 0.3) is 5.91 Å². The number of amides is 1. The zero-order valence-electron chi connectivity index (χ0n) is 14.6. The summed E-state index contributed by atoms with van der Waals surface area (Å²) in [5, 5.41) is 15.2. The summed E-state index contributed by atoms with van der Waals surface area (Å²) in [6.45, 7) is 3.47. The average molecular weight is 341 g/mol. The Bertz CT molecular complexity index is 1030. The van der Waals surface area contributed by atoms with Crippen LogP contribution < -0.4 is 5.01 Å². The fourth-order valence-corrected chi connectivity index (χ4v) is 3.61. The maximum Gasteiger partial charge on any atom is 0.272 e. The SMILES string of the molecule is Cc1cccc(C(=O)N2CCCN2c2ccc(C#N)c3ccccc23)c1. The van der Waals surface area contributed by atoms with E-state index >= 15 is 0 Å². The van der Waals surface area contributed by atoms with Crippen LogP contribution in [0.3, 0.4) is 0 Å². The first-order valence-corrected chi connectivity index (χ1v) is 8.77. The van der Waals surface area contributed by atoms with Crippen LogP contribution in [0.5, 0.6) is 0 Å². The van der Waals surface area contributed by atoms with E-state index in [4.69, 9.17) is 0 Å². The lowest BCUT2D eigenvalue weighted by Crippen LogP contribution is -2.41. The molecule has 1 fully saturated rings. The fourth-order valence-electron chi connectivity index (χ4n) is 3.61. The molecule has 0 unspecified atom stereocenters. The number of anilines is 1. The first kappa shape index (κ1) is 16.2. The second-order valence-electron chi connectivity index (χ2n) is 6.56. The number of hydrogen-bond acceptors (Lipinski definition) is 3. The molecule has 26 heavy (non-hydrogen) atoms. The molecule has 0 aromatic heterocycles. The van der Waals surface area contributed by atoms with Crippen molar-refractivity contribution in [2.75, 3.05) is 18.1 Å². The van der Waals surface area contributed by atoms with Gasteiger partial charge in [-0.15, -0.1) is 0 Å². The van der Waals surface area contributed by atoms with Gasteiger partial charge in [-0.25, -0.2) is 5.01 Å². The molecule has 1 heterocycles. The van der Waals surface area contributed by atoms with Gasteiger partial charge < -0.3 is 0 Å². The van der Waals surface area contributed by atoms with E-state index in [1.54, 1.807) is 0 Å². The molecular weight excluding hydrogens is 322 g/mol. The molecule has 128 valence electrons. The molecule has 0 spiro atoms. The van der Waals surface area contributed by atoms with Gasteiger partial charge in [0.15, 0.2) is 0 Å². The third-order valence-corrected chi connectivity index (χ3v) is 4.83. The first-order valence-electron chi connectivity index (χ1n) is 8.77. The lowest BCUT2D eigenvalue weighted by Gasteiger charge is -2.31. The minimum Gasteiger partial charge on any atom is -0.282 e. The molecule has 4 heteroatoms. The molecule has 0 bridgehead atoms. The number of carbonyl (C=O) groups is 1. The van der Waals surface area contributed by atoms with Crippen LogP contribution in [0.1, 0.15) is 27.9 Å². The number of carbonyl (C=O) groups excluding carboxylic acids is 1. The standard InChI is InChI=1S/C22H19N3O/c1-16-6-4-7-17(14-16)22(26)25-13-5-12-24(25)21-11-10-18(15-23)19-8-2-3-9-20(19)21/h2-4,6-11,14H,5,12-13H2,1H3. The van der Waals surface area contributed by atoms with Crippen molar-refractivity contribution in [2.24, 2.45) is 0 Å². The monoisotopic (exact) mass is 341 g/mol. The Hall–Kier alpha value is -3.32. The normalized spacial score (nSPS) is 13.8. The van der Waals surface area contributed by atoms with Crippen molar-refractivity contribution in [3.63, 3.8) is 0 Å². The van der Waals surface area contributed by atoms with Crippen LogP contribution >= 0.6 is 0 Å². The Kier molecular flexibility index (Phi) is 4.06. The summed E-state index contributed by atoms with van der Waals surface area (Å²) in [5.74, 6) is 0.0136. The van der Waals surface area contributed by atoms with Crippen molar-refractivity contribution in [1.82, 2.24) is 5.01 Å². The maximum atomic E-state index is 13.1. The number of fused-ring (bicyclic) bond motifs is 1. The largest absolute Gasteiger partial charge is 0.282 e. The first-order chi connectivity index (χ1) is 12.7. The highest BCUT2D eigenvalue weighted by molar-refractivity contribution is 6.00. The number of benzene rings is 3. The van der Waals surface area contributed by atoms with Gasteiger partial charge in [-0.3, -0.25) is 9.80 Å². The maximum absolute atomic E-state index is 13.1. The van der Waals surface area contributed by atoms with E-state index in [-0.39, 0.29) is 5.91 Å². The smallest absolute Gasteiger partial charge is 0.272 e. The summed E-state index contributed by atoms with van der Waals surface area (Å²) in [4.78, 5) is 13.1. The number of aryl methyl sites for hydroxylation is 1. The fraction of sp³-hybridized carbons (Fsp3) is 0.182. The van der Waals surface area contributed by atoms with Crippen molar-refractivity contribution in [3.8, 4) is 6.07 Å². The van der Waals surface area contributed by atoms with Crippen LogP contribution in [-0.4, -0.2) is 24.0 Å². The van der Waals surface area contributed by atoms with E-state index in [0.717, 1.165) is 35.0 Å². The quantitative estimate of drug-likeness (QED) is 0.699. The Morgan fingerprint density at radius 2 is 1.81 bits per heavy atom. The number of hydrazine groups is 1. The molecule has 1 amide bonds. The summed E-state index contributed by atoms with van der Waals surface area (Å²) < 4.78 is 0. The second kappa shape index (κ2) is 6.53. The zero-order valence-corrected chi connectivity index (χ0v) is 14.6. The molecule has 0 atom stereocenters. The molecule has 0 aliphatic carbocycles. The van der Waals surface area contributed by atoms with E-state index < -0.39 is 0 Å². The van der Waals surface area contributed by atoms with E-state index in [1.165, 1.54) is 0 Å². The summed E-state index contributed by atoms with van der Waals surface area (Å²) >= 11 is 0. The van der Waals surface area contributed by atoms with Gasteiger partial charge in [-0.05, 0) is 37.6 Å². The van der Waals surface area contributed by atoms with Crippen LogP contribution in [0.2, 0.25) is 0 Å². The molecule has 4 nitrogen and oxygen atoms in total. The molecule has 0 saturated carbocycles. The van der Waals surface area contributed by atoms with E-state index in [0.29, 0.717) is 17.7 Å². The average Bonchev–Trinajstić information content (AvgIpc) is 3.16. The highest BCUT2D eigenvalue weighted by atomic mass is 16.2. The van der Waals surface area contributed by atoms with Crippen molar-refractivity contribution in [3.05, 3.63) is 77.4 Å². The van der Waals surface area contributed by atoms with Crippen LogP contribution in [0.25, 0.3) is 10.8 Å². The van der Waals surface area contributed by atoms with Crippen molar-refractivity contribution < 1.29 is 4.79 Å². The molecular formula is C22H19N3O. The van der Waals surface area contributed by atoms with Gasteiger partial charge in [0, 0.05) is 29.4 Å². The number of nitriles is 1. The van der Waals surface area contributed by atoms with Crippen molar-refractivity contribution in [1.29, 1.82) is 5.26 Å². The van der Waals surface area contributed by atoms with Crippen LogP contribution in [0, 0.1) is 18.3 Å². The molecule has 0 N–H and O–H groups in total. The van der Waals surface area contributed by atoms with Crippen LogP contribution in [-0.2, 0) is 0 Å². The van der Waals surface area contributed by atoms with Crippen molar-refractivity contribution >= 4 is 22.4 Å². The van der Waals surface area contributed by atoms with Crippen molar-refractivity contribution in [2.45, 2.75) is 13.3 Å². The Morgan fingerprint density at radius 1 is 1.00 bits per heavy atom.